The van der Waals surface area contributed by atoms with Gasteiger partial charge in [-0.2, -0.15) is 13.2 Å². The predicted octanol–water partition coefficient (Wildman–Crippen LogP) is 0.958. The number of aromatic amines is 1. The van der Waals surface area contributed by atoms with Gasteiger partial charge < -0.3 is 25.0 Å². The molecule has 0 amide bonds. The van der Waals surface area contributed by atoms with E-state index in [4.69, 9.17) is 22.1 Å². The minimum absolute atomic E-state index is 0.436. The summed E-state index contributed by atoms with van der Waals surface area (Å²) in [4.78, 5) is 2.14. The predicted molar refractivity (Wildman–Crippen MR) is 68.4 cm³/mol. The van der Waals surface area contributed by atoms with Crippen LogP contribution in [-0.2, 0) is 4.74 Å². The van der Waals surface area contributed by atoms with E-state index >= 15 is 0 Å². The molecule has 1 aliphatic heterocycles. The molecule has 1 saturated heterocycles. The second kappa shape index (κ2) is 5.62. The number of aromatic nitrogens is 2. The van der Waals surface area contributed by atoms with Gasteiger partial charge in [-0.15, -0.1) is 0 Å². The molecule has 4 atom stereocenters. The highest BCUT2D eigenvalue weighted by Gasteiger charge is 2.70. The average Bonchev–Trinajstić information content (AvgIpc) is 2.67. The van der Waals surface area contributed by atoms with Gasteiger partial charge in [0.1, 0.15) is 16.8 Å². The van der Waals surface area contributed by atoms with E-state index in [1.54, 1.807) is 0 Å². The lowest BCUT2D eigenvalue weighted by Gasteiger charge is -2.33. The first-order valence-corrected chi connectivity index (χ1v) is 6.60. The van der Waals surface area contributed by atoms with E-state index in [0.29, 0.717) is 10.8 Å². The zero-order chi connectivity index (χ0) is 16.9. The van der Waals surface area contributed by atoms with Gasteiger partial charge in [-0.3, -0.25) is 4.57 Å². The summed E-state index contributed by atoms with van der Waals surface area (Å²) in [5.74, 6) is -1.10. The summed E-state index contributed by atoms with van der Waals surface area (Å²) in [6.07, 6.45) is -11.3. The van der Waals surface area contributed by atoms with Crippen molar-refractivity contribution in [2.24, 2.45) is 0 Å². The van der Waals surface area contributed by atoms with Crippen LogP contribution in [0.25, 0.3) is 0 Å². The maximum Gasteiger partial charge on any atom is 0.424 e. The molecule has 0 spiro atoms. The maximum absolute atomic E-state index is 13.5. The number of nitrogens with one attached hydrogen (secondary N) is 1. The highest BCUT2D eigenvalue weighted by molar-refractivity contribution is 7.72. The minimum atomic E-state index is -5.33. The molecular weight excluding hydrogens is 352 g/mol. The van der Waals surface area contributed by atoms with E-state index in [1.807, 2.05) is 0 Å². The van der Waals surface area contributed by atoms with Crippen molar-refractivity contribution < 1.29 is 37.6 Å². The van der Waals surface area contributed by atoms with Gasteiger partial charge in [-0.1, -0.05) is 12.2 Å². The van der Waals surface area contributed by atoms with Crippen molar-refractivity contribution in [3.8, 4) is 0 Å². The number of hydrogen-bond acceptors (Lipinski definition) is 6. The fraction of sp³-hybridized carbons (Fsp3) is 0.600. The zero-order valence-electron chi connectivity index (χ0n) is 10.5. The molecule has 0 aromatic carbocycles. The first kappa shape index (κ1) is 17.4. The molecule has 0 aliphatic carbocycles. The number of alkyl halides is 3. The Kier molecular flexibility index (Phi) is 4.45. The molecule has 1 aromatic rings. The fourth-order valence-electron chi connectivity index (χ4n) is 2.14. The van der Waals surface area contributed by atoms with E-state index in [2.05, 4.69) is 17.2 Å². The van der Waals surface area contributed by atoms with E-state index in [0.717, 1.165) is 0 Å². The number of aliphatic hydroxyl groups excluding tert-OH is 2. The molecule has 22 heavy (non-hydrogen) atoms. The SMILES string of the molecule is OCC1OC(n2cc(F)c(=S)[nH]c2=S)C(O)(C(F)(F)F)C1O. The molecule has 1 fully saturated rings. The molecule has 0 saturated carbocycles. The molecule has 1 aliphatic rings. The number of aliphatic hydroxyl groups is 3. The van der Waals surface area contributed by atoms with Gasteiger partial charge in [0.05, 0.1) is 6.61 Å². The Morgan fingerprint density at radius 3 is 2.50 bits per heavy atom. The van der Waals surface area contributed by atoms with E-state index in [1.165, 1.54) is 0 Å². The molecular formula is C10H10F4N2O4S2. The van der Waals surface area contributed by atoms with Crippen molar-refractivity contribution in [1.82, 2.24) is 9.55 Å². The van der Waals surface area contributed by atoms with Crippen LogP contribution in [0.5, 0.6) is 0 Å². The van der Waals surface area contributed by atoms with Gasteiger partial charge in [0.25, 0.3) is 0 Å². The number of rotatable bonds is 2. The van der Waals surface area contributed by atoms with Crippen molar-refractivity contribution in [2.75, 3.05) is 6.61 Å². The smallest absolute Gasteiger partial charge is 0.394 e. The molecule has 12 heteroatoms. The largest absolute Gasteiger partial charge is 0.424 e. The Labute approximate surface area is 130 Å². The molecule has 2 heterocycles. The monoisotopic (exact) mass is 362 g/mol. The normalized spacial score (nSPS) is 32.4. The molecule has 0 radical (unpaired) electrons. The van der Waals surface area contributed by atoms with Gasteiger partial charge >= 0.3 is 6.18 Å². The molecule has 6 nitrogen and oxygen atoms in total. The number of ether oxygens (including phenoxy) is 1. The van der Waals surface area contributed by atoms with Crippen molar-refractivity contribution in [1.29, 1.82) is 0 Å². The molecule has 2 rings (SSSR count). The first-order chi connectivity index (χ1) is 10.0. The summed E-state index contributed by atoms with van der Waals surface area (Å²) >= 11 is 9.30. The van der Waals surface area contributed by atoms with Crippen LogP contribution in [-0.4, -0.2) is 55.5 Å². The summed E-state index contributed by atoms with van der Waals surface area (Å²) in [6.45, 7) is -0.991. The van der Waals surface area contributed by atoms with Crippen LogP contribution in [0.3, 0.4) is 0 Å². The molecule has 4 N–H and O–H groups in total. The quantitative estimate of drug-likeness (QED) is 0.463. The van der Waals surface area contributed by atoms with Crippen LogP contribution in [0.1, 0.15) is 6.23 Å². The standard InChI is InChI=1S/C10H10F4N2O4S2/c11-3-1-16(8(22)15-6(3)21)7-9(19,10(12,13)14)5(18)4(2-17)20-7/h1,4-5,7,17-19H,2H2,(H,15,21,22). The molecule has 4 unspecified atom stereocenters. The Morgan fingerprint density at radius 2 is 2.00 bits per heavy atom. The summed E-state index contributed by atoms with van der Waals surface area (Å²) in [5, 5.41) is 28.6. The van der Waals surface area contributed by atoms with Gasteiger partial charge in [0, 0.05) is 6.20 Å². The van der Waals surface area contributed by atoms with Crippen LogP contribution in [0, 0.1) is 15.2 Å². The zero-order valence-corrected chi connectivity index (χ0v) is 12.2. The van der Waals surface area contributed by atoms with Crippen LogP contribution in [0.4, 0.5) is 17.6 Å². The molecule has 1 aromatic heterocycles. The van der Waals surface area contributed by atoms with E-state index < -0.39 is 52.0 Å². The van der Waals surface area contributed by atoms with E-state index in [9.17, 15) is 27.8 Å². The average molecular weight is 362 g/mol. The summed E-state index contributed by atoms with van der Waals surface area (Å²) < 4.78 is 57.5. The molecule has 0 bridgehead atoms. The van der Waals surface area contributed by atoms with Crippen LogP contribution >= 0.6 is 24.4 Å². The highest BCUT2D eigenvalue weighted by atomic mass is 32.1. The topological polar surface area (TPSA) is 90.6 Å². The lowest BCUT2D eigenvalue weighted by molar-refractivity contribution is -0.304. The Balaban J connectivity index is 2.65. The Bertz CT molecular complexity index is 691. The third kappa shape index (κ3) is 2.49. The van der Waals surface area contributed by atoms with Crippen molar-refractivity contribution >= 4 is 24.4 Å². The summed E-state index contributed by atoms with van der Waals surface area (Å²) in [6, 6.07) is 0. The second-order valence-corrected chi connectivity index (χ2v) is 5.42. The highest BCUT2D eigenvalue weighted by Crippen LogP contribution is 2.48. The fourth-order valence-corrected chi connectivity index (χ4v) is 2.60. The van der Waals surface area contributed by atoms with Gasteiger partial charge in [0.2, 0.25) is 5.60 Å². The Hall–Kier alpha value is -0.920. The number of nitrogens with zero attached hydrogens (tertiary/aromatic N) is 1. The van der Waals surface area contributed by atoms with Crippen molar-refractivity contribution in [3.05, 3.63) is 21.4 Å². The minimum Gasteiger partial charge on any atom is -0.394 e. The third-order valence-electron chi connectivity index (χ3n) is 3.29. The van der Waals surface area contributed by atoms with Crippen LogP contribution in [0.2, 0.25) is 0 Å². The molecule has 124 valence electrons. The van der Waals surface area contributed by atoms with E-state index in [-0.39, 0.29) is 0 Å². The Morgan fingerprint density at radius 1 is 1.41 bits per heavy atom. The first-order valence-electron chi connectivity index (χ1n) is 5.78. The number of H-pyrrole nitrogens is 1. The van der Waals surface area contributed by atoms with Gasteiger partial charge in [-0.05, 0) is 12.2 Å². The number of halogens is 4. The van der Waals surface area contributed by atoms with Gasteiger partial charge in [-0.25, -0.2) is 4.39 Å². The van der Waals surface area contributed by atoms with Crippen LogP contribution < -0.4 is 0 Å². The second-order valence-electron chi connectivity index (χ2n) is 4.62. The summed E-state index contributed by atoms with van der Waals surface area (Å²) in [5.41, 5.74) is -3.79. The van der Waals surface area contributed by atoms with Crippen molar-refractivity contribution in [3.63, 3.8) is 0 Å². The summed E-state index contributed by atoms with van der Waals surface area (Å²) in [7, 11) is 0. The lowest BCUT2D eigenvalue weighted by Crippen LogP contribution is -2.57. The lowest BCUT2D eigenvalue weighted by atomic mass is 9.93. The maximum atomic E-state index is 13.5. The van der Waals surface area contributed by atoms with Crippen LogP contribution in [0.15, 0.2) is 6.20 Å². The third-order valence-corrected chi connectivity index (χ3v) is 3.90. The van der Waals surface area contributed by atoms with Gasteiger partial charge in [0.15, 0.2) is 16.8 Å². The number of hydrogen-bond donors (Lipinski definition) is 4. The van der Waals surface area contributed by atoms with Crippen molar-refractivity contribution in [2.45, 2.75) is 30.2 Å².